The molecule has 0 aromatic heterocycles. The molecule has 0 saturated heterocycles. The van der Waals surface area contributed by atoms with Gasteiger partial charge in [-0.2, -0.15) is 0 Å². The first kappa shape index (κ1) is 15.8. The number of hydrogen-bond acceptors (Lipinski definition) is 3. The minimum Gasteiger partial charge on any atom is -0.494 e. The Hall–Kier alpha value is -2.13. The highest BCUT2D eigenvalue weighted by atomic mass is 16.5. The highest BCUT2D eigenvalue weighted by molar-refractivity contribution is 5.96. The Balaban J connectivity index is 1.50. The van der Waals surface area contributed by atoms with E-state index < -0.39 is 0 Å². The van der Waals surface area contributed by atoms with Gasteiger partial charge >= 0.3 is 0 Å². The van der Waals surface area contributed by atoms with Gasteiger partial charge in [0.2, 0.25) is 0 Å². The van der Waals surface area contributed by atoms with Crippen molar-refractivity contribution < 1.29 is 9.53 Å². The molecule has 0 atom stereocenters. The molecule has 0 radical (unpaired) electrons. The monoisotopic (exact) mass is 309 g/mol. The molecule has 0 fully saturated rings. The summed E-state index contributed by atoms with van der Waals surface area (Å²) in [6.45, 7) is 5.50. The number of hydrogen-bond donors (Lipinski definition) is 0. The van der Waals surface area contributed by atoms with E-state index in [-0.39, 0.29) is 5.78 Å². The summed E-state index contributed by atoms with van der Waals surface area (Å²) in [5, 5.41) is 0. The van der Waals surface area contributed by atoms with Crippen LogP contribution in [0.2, 0.25) is 0 Å². The van der Waals surface area contributed by atoms with Gasteiger partial charge in [-0.05, 0) is 41.8 Å². The zero-order valence-electron chi connectivity index (χ0n) is 13.6. The van der Waals surface area contributed by atoms with Gasteiger partial charge in [-0.15, -0.1) is 0 Å². The molecule has 0 unspecified atom stereocenters. The van der Waals surface area contributed by atoms with Gasteiger partial charge in [0, 0.05) is 31.6 Å². The summed E-state index contributed by atoms with van der Waals surface area (Å²) in [7, 11) is 0. The molecule has 0 aliphatic carbocycles. The van der Waals surface area contributed by atoms with Crippen molar-refractivity contribution in [1.82, 2.24) is 4.90 Å². The van der Waals surface area contributed by atoms with Gasteiger partial charge in [0.15, 0.2) is 5.78 Å². The maximum atomic E-state index is 12.3. The standard InChI is InChI=1S/C20H23NO2/c1-2-13-23-19-9-7-16(8-10-19)20(22)11-12-21-14-17-5-3-4-6-18(17)15-21/h3-10H,2,11-15H2,1H3. The summed E-state index contributed by atoms with van der Waals surface area (Å²) in [5.74, 6) is 1.03. The van der Waals surface area contributed by atoms with Crippen molar-refractivity contribution in [1.29, 1.82) is 0 Å². The Kier molecular flexibility index (Phi) is 5.09. The number of fused-ring (bicyclic) bond motifs is 1. The van der Waals surface area contributed by atoms with Crippen molar-refractivity contribution in [3.8, 4) is 5.75 Å². The largest absolute Gasteiger partial charge is 0.494 e. The van der Waals surface area contributed by atoms with E-state index >= 15 is 0 Å². The summed E-state index contributed by atoms with van der Waals surface area (Å²) >= 11 is 0. The number of nitrogens with zero attached hydrogens (tertiary/aromatic N) is 1. The smallest absolute Gasteiger partial charge is 0.164 e. The summed E-state index contributed by atoms with van der Waals surface area (Å²) in [4.78, 5) is 14.7. The molecule has 2 aromatic rings. The third-order valence-electron chi connectivity index (χ3n) is 4.21. The van der Waals surface area contributed by atoms with Crippen molar-refractivity contribution in [3.63, 3.8) is 0 Å². The molecule has 120 valence electrons. The average Bonchev–Trinajstić information content (AvgIpc) is 3.01. The lowest BCUT2D eigenvalue weighted by molar-refractivity contribution is 0.0963. The van der Waals surface area contributed by atoms with Gasteiger partial charge in [-0.25, -0.2) is 0 Å². The van der Waals surface area contributed by atoms with Crippen molar-refractivity contribution in [2.24, 2.45) is 0 Å². The molecular formula is C20H23NO2. The van der Waals surface area contributed by atoms with Crippen LogP contribution in [0.4, 0.5) is 0 Å². The quantitative estimate of drug-likeness (QED) is 0.722. The summed E-state index contributed by atoms with van der Waals surface area (Å²) < 4.78 is 5.55. The van der Waals surface area contributed by atoms with Gasteiger partial charge in [-0.1, -0.05) is 31.2 Å². The first-order valence-corrected chi connectivity index (χ1v) is 8.31. The van der Waals surface area contributed by atoms with E-state index in [1.807, 2.05) is 24.3 Å². The van der Waals surface area contributed by atoms with E-state index in [1.54, 1.807) is 0 Å². The molecular weight excluding hydrogens is 286 g/mol. The third-order valence-corrected chi connectivity index (χ3v) is 4.21. The van der Waals surface area contributed by atoms with Crippen LogP contribution in [0.25, 0.3) is 0 Å². The lowest BCUT2D eigenvalue weighted by atomic mass is 10.1. The first-order valence-electron chi connectivity index (χ1n) is 8.31. The minimum absolute atomic E-state index is 0.197. The molecule has 1 heterocycles. The molecule has 23 heavy (non-hydrogen) atoms. The predicted molar refractivity (Wildman–Crippen MR) is 91.7 cm³/mol. The fourth-order valence-electron chi connectivity index (χ4n) is 2.92. The van der Waals surface area contributed by atoms with Gasteiger partial charge in [0.25, 0.3) is 0 Å². The number of ether oxygens (including phenoxy) is 1. The van der Waals surface area contributed by atoms with Crippen LogP contribution in [0.5, 0.6) is 5.75 Å². The van der Waals surface area contributed by atoms with Crippen LogP contribution in [0.1, 0.15) is 41.3 Å². The second-order valence-corrected chi connectivity index (χ2v) is 6.03. The summed E-state index contributed by atoms with van der Waals surface area (Å²) in [5.41, 5.74) is 3.54. The van der Waals surface area contributed by atoms with Crippen molar-refractivity contribution in [3.05, 3.63) is 65.2 Å². The van der Waals surface area contributed by atoms with Gasteiger partial charge in [0.05, 0.1) is 6.61 Å². The zero-order chi connectivity index (χ0) is 16.1. The normalized spacial score (nSPS) is 13.8. The molecule has 0 saturated carbocycles. The number of ketones is 1. The SMILES string of the molecule is CCCOc1ccc(C(=O)CCN2Cc3ccccc3C2)cc1. The Morgan fingerprint density at radius 3 is 2.30 bits per heavy atom. The maximum Gasteiger partial charge on any atom is 0.164 e. The second kappa shape index (κ2) is 7.42. The van der Waals surface area contributed by atoms with E-state index in [2.05, 4.69) is 36.1 Å². The number of carbonyl (C=O) groups excluding carboxylic acids is 1. The Morgan fingerprint density at radius 2 is 1.70 bits per heavy atom. The van der Waals surface area contributed by atoms with Crippen molar-refractivity contribution in [2.45, 2.75) is 32.9 Å². The topological polar surface area (TPSA) is 29.5 Å². The molecule has 0 N–H and O–H groups in total. The maximum absolute atomic E-state index is 12.3. The number of rotatable bonds is 7. The van der Waals surface area contributed by atoms with Crippen LogP contribution in [-0.2, 0) is 13.1 Å². The Labute approximate surface area is 137 Å². The van der Waals surface area contributed by atoms with Crippen LogP contribution in [0, 0.1) is 0 Å². The third kappa shape index (κ3) is 3.99. The Morgan fingerprint density at radius 1 is 1.04 bits per heavy atom. The van der Waals surface area contributed by atoms with Crippen LogP contribution in [0.3, 0.4) is 0 Å². The fourth-order valence-corrected chi connectivity index (χ4v) is 2.92. The Bertz CT molecular complexity index is 639. The number of carbonyl (C=O) groups is 1. The zero-order valence-corrected chi connectivity index (χ0v) is 13.6. The van der Waals surface area contributed by atoms with E-state index in [9.17, 15) is 4.79 Å². The van der Waals surface area contributed by atoms with Crippen molar-refractivity contribution in [2.75, 3.05) is 13.2 Å². The molecule has 3 heteroatoms. The number of Topliss-reactive ketones (excluding diaryl/α,β-unsaturated/α-hetero) is 1. The second-order valence-electron chi connectivity index (χ2n) is 6.03. The lowest BCUT2D eigenvalue weighted by Crippen LogP contribution is -2.20. The van der Waals surface area contributed by atoms with Gasteiger partial charge in [0.1, 0.15) is 5.75 Å². The van der Waals surface area contributed by atoms with E-state index in [0.717, 1.165) is 37.4 Å². The molecule has 3 nitrogen and oxygen atoms in total. The highest BCUT2D eigenvalue weighted by Gasteiger charge is 2.18. The van der Waals surface area contributed by atoms with Crippen LogP contribution >= 0.6 is 0 Å². The fraction of sp³-hybridized carbons (Fsp3) is 0.350. The highest BCUT2D eigenvalue weighted by Crippen LogP contribution is 2.22. The lowest BCUT2D eigenvalue weighted by Gasteiger charge is -2.14. The molecule has 0 spiro atoms. The van der Waals surface area contributed by atoms with Crippen molar-refractivity contribution >= 4 is 5.78 Å². The van der Waals surface area contributed by atoms with Crippen LogP contribution in [-0.4, -0.2) is 23.8 Å². The molecule has 1 aliphatic rings. The van der Waals surface area contributed by atoms with Gasteiger partial charge in [-0.3, -0.25) is 9.69 Å². The number of benzene rings is 2. The first-order chi connectivity index (χ1) is 11.3. The van der Waals surface area contributed by atoms with E-state index in [4.69, 9.17) is 4.74 Å². The molecule has 1 aliphatic heterocycles. The minimum atomic E-state index is 0.197. The molecule has 0 bridgehead atoms. The summed E-state index contributed by atoms with van der Waals surface area (Å²) in [6, 6.07) is 16.0. The molecule has 3 rings (SSSR count). The van der Waals surface area contributed by atoms with Gasteiger partial charge < -0.3 is 4.74 Å². The molecule has 0 amide bonds. The van der Waals surface area contributed by atoms with E-state index in [1.165, 1.54) is 11.1 Å². The average molecular weight is 309 g/mol. The van der Waals surface area contributed by atoms with Crippen LogP contribution < -0.4 is 4.74 Å². The van der Waals surface area contributed by atoms with E-state index in [0.29, 0.717) is 13.0 Å². The predicted octanol–water partition coefficient (Wildman–Crippen LogP) is 4.06. The summed E-state index contributed by atoms with van der Waals surface area (Å²) in [6.07, 6.45) is 1.54. The molecule has 2 aromatic carbocycles. The van der Waals surface area contributed by atoms with Crippen LogP contribution in [0.15, 0.2) is 48.5 Å².